The van der Waals surface area contributed by atoms with Crippen molar-refractivity contribution in [2.45, 2.75) is 19.8 Å². The normalized spacial score (nSPS) is 11.4. The van der Waals surface area contributed by atoms with Crippen LogP contribution in [0, 0.1) is 0 Å². The lowest BCUT2D eigenvalue weighted by atomic mass is 10.0. The monoisotopic (exact) mass is 191 g/mol. The Hall–Kier alpha value is -1.64. The lowest BCUT2D eigenvalue weighted by Crippen LogP contribution is -1.92. The van der Waals surface area contributed by atoms with E-state index in [1.807, 2.05) is 19.1 Å². The first-order valence-corrected chi connectivity index (χ1v) is 4.55. The number of hydrogen-bond acceptors (Lipinski definition) is 2. The standard InChI is InChI=1S/C11H13NO2/c1-2-9(3-4-11(13)14)10-5-7-12-8-6-10/h3,5-8H,2,4H2,1H3,(H,13,14)/b9-3+. The van der Waals surface area contributed by atoms with Gasteiger partial charge < -0.3 is 5.11 Å². The van der Waals surface area contributed by atoms with Crippen molar-refractivity contribution in [2.75, 3.05) is 0 Å². The van der Waals surface area contributed by atoms with Crippen LogP contribution in [0.2, 0.25) is 0 Å². The highest BCUT2D eigenvalue weighted by Gasteiger charge is 1.99. The predicted molar refractivity (Wildman–Crippen MR) is 54.8 cm³/mol. The SMILES string of the molecule is CC/C(=C\CC(=O)O)c1ccncc1. The lowest BCUT2D eigenvalue weighted by Gasteiger charge is -2.03. The van der Waals surface area contributed by atoms with E-state index in [9.17, 15) is 4.79 Å². The molecule has 0 unspecified atom stereocenters. The van der Waals surface area contributed by atoms with Gasteiger partial charge >= 0.3 is 5.97 Å². The Morgan fingerprint density at radius 3 is 2.64 bits per heavy atom. The van der Waals surface area contributed by atoms with Gasteiger partial charge in [-0.25, -0.2) is 0 Å². The number of aliphatic carboxylic acids is 1. The molecule has 3 nitrogen and oxygen atoms in total. The summed E-state index contributed by atoms with van der Waals surface area (Å²) in [6, 6.07) is 3.77. The fourth-order valence-corrected chi connectivity index (χ4v) is 1.24. The maximum Gasteiger partial charge on any atom is 0.307 e. The van der Waals surface area contributed by atoms with Crippen molar-refractivity contribution in [3.63, 3.8) is 0 Å². The number of carboxylic acids is 1. The Morgan fingerprint density at radius 1 is 1.50 bits per heavy atom. The van der Waals surface area contributed by atoms with E-state index in [0.717, 1.165) is 17.6 Å². The van der Waals surface area contributed by atoms with Crippen LogP contribution in [-0.2, 0) is 4.79 Å². The van der Waals surface area contributed by atoms with Gasteiger partial charge in [-0.2, -0.15) is 0 Å². The smallest absolute Gasteiger partial charge is 0.307 e. The summed E-state index contributed by atoms with van der Waals surface area (Å²) in [7, 11) is 0. The van der Waals surface area contributed by atoms with Crippen molar-refractivity contribution in [2.24, 2.45) is 0 Å². The first-order chi connectivity index (χ1) is 6.74. The van der Waals surface area contributed by atoms with Crippen molar-refractivity contribution in [1.29, 1.82) is 0 Å². The number of rotatable bonds is 4. The van der Waals surface area contributed by atoms with E-state index in [4.69, 9.17) is 5.11 Å². The Bertz CT molecular complexity index is 330. The molecule has 0 saturated carbocycles. The number of nitrogens with zero attached hydrogens (tertiary/aromatic N) is 1. The number of hydrogen-bond donors (Lipinski definition) is 1. The van der Waals surface area contributed by atoms with Crippen LogP contribution < -0.4 is 0 Å². The topological polar surface area (TPSA) is 50.2 Å². The summed E-state index contributed by atoms with van der Waals surface area (Å²) in [6.45, 7) is 2.01. The van der Waals surface area contributed by atoms with Gasteiger partial charge in [0.15, 0.2) is 0 Å². The molecule has 0 spiro atoms. The van der Waals surface area contributed by atoms with Crippen molar-refractivity contribution in [1.82, 2.24) is 4.98 Å². The molecule has 0 aliphatic heterocycles. The third-order valence-electron chi connectivity index (χ3n) is 1.96. The van der Waals surface area contributed by atoms with Gasteiger partial charge in [-0.15, -0.1) is 0 Å². The summed E-state index contributed by atoms with van der Waals surface area (Å²) in [5.74, 6) is -0.801. The van der Waals surface area contributed by atoms with Crippen LogP contribution in [0.1, 0.15) is 25.3 Å². The highest BCUT2D eigenvalue weighted by Crippen LogP contribution is 2.17. The number of carbonyl (C=O) groups is 1. The van der Waals surface area contributed by atoms with E-state index >= 15 is 0 Å². The van der Waals surface area contributed by atoms with E-state index in [1.54, 1.807) is 18.5 Å². The van der Waals surface area contributed by atoms with Crippen LogP contribution in [0.5, 0.6) is 0 Å². The van der Waals surface area contributed by atoms with Crippen LogP contribution in [0.15, 0.2) is 30.6 Å². The number of aromatic nitrogens is 1. The highest BCUT2D eigenvalue weighted by atomic mass is 16.4. The fourth-order valence-electron chi connectivity index (χ4n) is 1.24. The maximum absolute atomic E-state index is 10.4. The molecule has 14 heavy (non-hydrogen) atoms. The molecule has 74 valence electrons. The van der Waals surface area contributed by atoms with E-state index in [1.165, 1.54) is 0 Å². The molecule has 0 bridgehead atoms. The van der Waals surface area contributed by atoms with E-state index in [-0.39, 0.29) is 6.42 Å². The predicted octanol–water partition coefficient (Wildman–Crippen LogP) is 2.35. The van der Waals surface area contributed by atoms with Crippen molar-refractivity contribution >= 4 is 11.5 Å². The number of carboxylic acid groups (broad SMARTS) is 1. The van der Waals surface area contributed by atoms with Crippen LogP contribution in [0.3, 0.4) is 0 Å². The van der Waals surface area contributed by atoms with Gasteiger partial charge in [0.05, 0.1) is 6.42 Å². The van der Waals surface area contributed by atoms with E-state index in [0.29, 0.717) is 0 Å². The molecule has 1 aromatic heterocycles. The molecule has 0 aliphatic carbocycles. The minimum atomic E-state index is -0.801. The van der Waals surface area contributed by atoms with Crippen molar-refractivity contribution < 1.29 is 9.90 Å². The summed E-state index contributed by atoms with van der Waals surface area (Å²) < 4.78 is 0. The van der Waals surface area contributed by atoms with Crippen molar-refractivity contribution in [3.05, 3.63) is 36.2 Å². The summed E-state index contributed by atoms with van der Waals surface area (Å²) in [4.78, 5) is 14.3. The van der Waals surface area contributed by atoms with Gasteiger partial charge in [0.2, 0.25) is 0 Å². The van der Waals surface area contributed by atoms with Crippen LogP contribution in [-0.4, -0.2) is 16.1 Å². The summed E-state index contributed by atoms with van der Waals surface area (Å²) in [5.41, 5.74) is 2.10. The maximum atomic E-state index is 10.4. The first-order valence-electron chi connectivity index (χ1n) is 4.55. The summed E-state index contributed by atoms with van der Waals surface area (Å²) in [6.07, 6.45) is 6.07. The van der Waals surface area contributed by atoms with Crippen LogP contribution >= 0.6 is 0 Å². The summed E-state index contributed by atoms with van der Waals surface area (Å²) >= 11 is 0. The molecular formula is C11H13NO2. The molecule has 0 aliphatic rings. The Labute approximate surface area is 83.1 Å². The second-order valence-electron chi connectivity index (χ2n) is 2.92. The Morgan fingerprint density at radius 2 is 2.14 bits per heavy atom. The highest BCUT2D eigenvalue weighted by molar-refractivity contribution is 5.74. The Balaban J connectivity index is 2.82. The zero-order valence-corrected chi connectivity index (χ0v) is 8.10. The largest absolute Gasteiger partial charge is 0.481 e. The number of pyridine rings is 1. The third-order valence-corrected chi connectivity index (χ3v) is 1.96. The molecule has 0 amide bonds. The molecular weight excluding hydrogens is 178 g/mol. The average molecular weight is 191 g/mol. The molecule has 0 radical (unpaired) electrons. The fraction of sp³-hybridized carbons (Fsp3) is 0.273. The van der Waals surface area contributed by atoms with Gasteiger partial charge in [0.1, 0.15) is 0 Å². The average Bonchev–Trinajstić information content (AvgIpc) is 2.20. The van der Waals surface area contributed by atoms with Crippen LogP contribution in [0.25, 0.3) is 5.57 Å². The van der Waals surface area contributed by atoms with Gasteiger partial charge in [0, 0.05) is 12.4 Å². The molecule has 0 atom stereocenters. The van der Waals surface area contributed by atoms with E-state index < -0.39 is 5.97 Å². The van der Waals surface area contributed by atoms with Gasteiger partial charge in [-0.1, -0.05) is 13.0 Å². The zero-order valence-electron chi connectivity index (χ0n) is 8.10. The molecule has 1 rings (SSSR count). The molecule has 0 aromatic carbocycles. The van der Waals surface area contributed by atoms with Gasteiger partial charge in [-0.3, -0.25) is 9.78 Å². The lowest BCUT2D eigenvalue weighted by molar-refractivity contribution is -0.135. The molecule has 0 saturated heterocycles. The minimum absolute atomic E-state index is 0.0749. The molecule has 1 aromatic rings. The molecule has 3 heteroatoms. The molecule has 1 heterocycles. The quantitative estimate of drug-likeness (QED) is 0.794. The first kappa shape index (κ1) is 10.4. The molecule has 0 fully saturated rings. The second-order valence-corrected chi connectivity index (χ2v) is 2.92. The Kier molecular flexibility index (Phi) is 3.85. The zero-order chi connectivity index (χ0) is 10.4. The third kappa shape index (κ3) is 3.01. The van der Waals surface area contributed by atoms with Gasteiger partial charge in [-0.05, 0) is 29.7 Å². The van der Waals surface area contributed by atoms with E-state index in [2.05, 4.69) is 4.98 Å². The number of allylic oxidation sites excluding steroid dienone is 1. The van der Waals surface area contributed by atoms with Crippen LogP contribution in [0.4, 0.5) is 0 Å². The minimum Gasteiger partial charge on any atom is -0.481 e. The molecule has 1 N–H and O–H groups in total. The van der Waals surface area contributed by atoms with Gasteiger partial charge in [0.25, 0.3) is 0 Å². The second kappa shape index (κ2) is 5.17. The summed E-state index contributed by atoms with van der Waals surface area (Å²) in [5, 5.41) is 8.55. The van der Waals surface area contributed by atoms with Crippen molar-refractivity contribution in [3.8, 4) is 0 Å².